The van der Waals surface area contributed by atoms with Crippen LogP contribution in [0.2, 0.25) is 5.02 Å². The molecule has 0 aromatic heterocycles. The van der Waals surface area contributed by atoms with Crippen molar-refractivity contribution in [1.29, 1.82) is 0 Å². The van der Waals surface area contributed by atoms with Gasteiger partial charge in [-0.15, -0.1) is 0 Å². The molecule has 0 bridgehead atoms. The predicted molar refractivity (Wildman–Crippen MR) is 83.3 cm³/mol. The highest BCUT2D eigenvalue weighted by Gasteiger charge is 2.29. The molecular formula is C16H14BrClO2. The van der Waals surface area contributed by atoms with E-state index in [0.29, 0.717) is 17.2 Å². The van der Waals surface area contributed by atoms with Gasteiger partial charge in [0.2, 0.25) is 0 Å². The molecule has 4 heteroatoms. The molecule has 1 unspecified atom stereocenters. The Morgan fingerprint density at radius 2 is 2.00 bits per heavy atom. The molecule has 2 atom stereocenters. The predicted octanol–water partition coefficient (Wildman–Crippen LogP) is 4.97. The number of halogens is 2. The van der Waals surface area contributed by atoms with E-state index in [4.69, 9.17) is 16.3 Å². The van der Waals surface area contributed by atoms with Gasteiger partial charge >= 0.3 is 0 Å². The summed E-state index contributed by atoms with van der Waals surface area (Å²) in [7, 11) is 0. The molecule has 104 valence electrons. The number of fused-ring (bicyclic) bond motifs is 1. The van der Waals surface area contributed by atoms with Crippen molar-refractivity contribution >= 4 is 27.5 Å². The molecule has 3 rings (SSSR count). The molecule has 1 aliphatic heterocycles. The molecule has 0 saturated carbocycles. The lowest BCUT2D eigenvalue weighted by molar-refractivity contribution is 0.0654. The third-order valence-electron chi connectivity index (χ3n) is 3.54. The Labute approximate surface area is 131 Å². The zero-order chi connectivity index (χ0) is 14.3. The number of aryl methyl sites for hydroxylation is 1. The summed E-state index contributed by atoms with van der Waals surface area (Å²) >= 11 is 9.54. The number of hydrogen-bond acceptors (Lipinski definition) is 2. The Morgan fingerprint density at radius 3 is 2.75 bits per heavy atom. The number of aliphatic hydroxyl groups excluding tert-OH is 1. The smallest absolute Gasteiger partial charge is 0.128 e. The summed E-state index contributed by atoms with van der Waals surface area (Å²) in [5.74, 6) is 0.700. The van der Waals surface area contributed by atoms with Crippen LogP contribution in [0.5, 0.6) is 5.75 Å². The standard InChI is InChI=1S/C16H14BrClO2/c1-9-2-4-11(13(17)6-9)16-8-14(19)12-7-10(18)3-5-15(12)20-16/h2-7,14,16,19H,8H2,1H3/t14-,16?/m0/s1. The molecule has 1 N–H and O–H groups in total. The summed E-state index contributed by atoms with van der Waals surface area (Å²) in [5, 5.41) is 10.9. The lowest BCUT2D eigenvalue weighted by atomic mass is 9.94. The summed E-state index contributed by atoms with van der Waals surface area (Å²) in [6.07, 6.45) is -0.195. The molecule has 1 aliphatic rings. The van der Waals surface area contributed by atoms with Gasteiger partial charge in [0.15, 0.2) is 0 Å². The van der Waals surface area contributed by atoms with Crippen molar-refractivity contribution in [2.45, 2.75) is 25.6 Å². The average Bonchev–Trinajstić information content (AvgIpc) is 2.39. The quantitative estimate of drug-likeness (QED) is 0.784. The van der Waals surface area contributed by atoms with Crippen molar-refractivity contribution in [2.75, 3.05) is 0 Å². The van der Waals surface area contributed by atoms with E-state index in [1.165, 1.54) is 5.56 Å². The van der Waals surface area contributed by atoms with E-state index >= 15 is 0 Å². The number of hydrogen-bond donors (Lipinski definition) is 1. The average molecular weight is 354 g/mol. The Hall–Kier alpha value is -1.03. The zero-order valence-corrected chi connectivity index (χ0v) is 13.3. The first-order chi connectivity index (χ1) is 9.54. The fraction of sp³-hybridized carbons (Fsp3) is 0.250. The van der Waals surface area contributed by atoms with Gasteiger partial charge in [0.05, 0.1) is 6.10 Å². The Bertz CT molecular complexity index is 657. The summed E-state index contributed by atoms with van der Waals surface area (Å²) < 4.78 is 7.02. The van der Waals surface area contributed by atoms with Crippen LogP contribution in [0.3, 0.4) is 0 Å². The van der Waals surface area contributed by atoms with E-state index in [2.05, 4.69) is 22.0 Å². The fourth-order valence-electron chi connectivity index (χ4n) is 2.50. The first-order valence-corrected chi connectivity index (χ1v) is 7.62. The Morgan fingerprint density at radius 1 is 1.20 bits per heavy atom. The van der Waals surface area contributed by atoms with E-state index in [9.17, 15) is 5.11 Å². The molecule has 0 spiro atoms. The van der Waals surface area contributed by atoms with Crippen LogP contribution in [0.4, 0.5) is 0 Å². The molecular weight excluding hydrogens is 340 g/mol. The van der Waals surface area contributed by atoms with Crippen LogP contribution < -0.4 is 4.74 Å². The number of benzene rings is 2. The van der Waals surface area contributed by atoms with Crippen molar-refractivity contribution in [1.82, 2.24) is 0 Å². The van der Waals surface area contributed by atoms with Gasteiger partial charge in [-0.2, -0.15) is 0 Å². The number of rotatable bonds is 1. The third kappa shape index (κ3) is 2.58. The van der Waals surface area contributed by atoms with E-state index in [1.807, 2.05) is 25.1 Å². The Balaban J connectivity index is 1.97. The van der Waals surface area contributed by atoms with E-state index in [-0.39, 0.29) is 6.10 Å². The molecule has 1 heterocycles. The SMILES string of the molecule is Cc1ccc(C2C[C@H](O)c3cc(Cl)ccc3O2)c(Br)c1. The minimum atomic E-state index is -0.560. The summed E-state index contributed by atoms with van der Waals surface area (Å²) in [6.45, 7) is 2.04. The van der Waals surface area contributed by atoms with Gasteiger partial charge < -0.3 is 9.84 Å². The molecule has 0 aliphatic carbocycles. The Kier molecular flexibility index (Phi) is 3.76. The summed E-state index contributed by atoms with van der Waals surface area (Å²) in [4.78, 5) is 0. The summed E-state index contributed by atoms with van der Waals surface area (Å²) in [6, 6.07) is 11.5. The fourth-order valence-corrected chi connectivity index (χ4v) is 3.43. The molecule has 2 nitrogen and oxygen atoms in total. The largest absolute Gasteiger partial charge is 0.485 e. The number of ether oxygens (including phenoxy) is 1. The highest BCUT2D eigenvalue weighted by atomic mass is 79.9. The van der Waals surface area contributed by atoms with Gasteiger partial charge in [0.25, 0.3) is 0 Å². The van der Waals surface area contributed by atoms with Crippen LogP contribution in [0.15, 0.2) is 40.9 Å². The maximum absolute atomic E-state index is 10.3. The lowest BCUT2D eigenvalue weighted by Gasteiger charge is -2.30. The second-order valence-corrected chi connectivity index (χ2v) is 6.36. The van der Waals surface area contributed by atoms with E-state index in [1.54, 1.807) is 12.1 Å². The molecule has 0 amide bonds. The highest BCUT2D eigenvalue weighted by molar-refractivity contribution is 9.10. The van der Waals surface area contributed by atoms with Crippen LogP contribution in [0.1, 0.15) is 35.3 Å². The molecule has 20 heavy (non-hydrogen) atoms. The van der Waals surface area contributed by atoms with Crippen molar-refractivity contribution in [3.8, 4) is 5.75 Å². The topological polar surface area (TPSA) is 29.5 Å². The van der Waals surface area contributed by atoms with E-state index < -0.39 is 6.10 Å². The summed E-state index contributed by atoms with van der Waals surface area (Å²) in [5.41, 5.74) is 3.00. The molecule has 0 saturated heterocycles. The van der Waals surface area contributed by atoms with Crippen LogP contribution in [-0.4, -0.2) is 5.11 Å². The first-order valence-electron chi connectivity index (χ1n) is 6.45. The maximum atomic E-state index is 10.3. The van der Waals surface area contributed by atoms with Gasteiger partial charge in [0.1, 0.15) is 11.9 Å². The van der Waals surface area contributed by atoms with Gasteiger partial charge in [0, 0.05) is 27.0 Å². The number of aliphatic hydroxyl groups is 1. The minimum absolute atomic E-state index is 0.159. The van der Waals surface area contributed by atoms with Crippen molar-refractivity contribution in [3.05, 3.63) is 62.6 Å². The molecule has 2 aromatic carbocycles. The second kappa shape index (κ2) is 5.40. The van der Waals surface area contributed by atoms with Crippen LogP contribution in [0.25, 0.3) is 0 Å². The minimum Gasteiger partial charge on any atom is -0.485 e. The van der Waals surface area contributed by atoms with Gasteiger partial charge in [-0.3, -0.25) is 0 Å². The monoisotopic (exact) mass is 352 g/mol. The van der Waals surface area contributed by atoms with Crippen molar-refractivity contribution in [3.63, 3.8) is 0 Å². The van der Waals surface area contributed by atoms with Crippen LogP contribution in [0, 0.1) is 6.92 Å². The second-order valence-electron chi connectivity index (χ2n) is 5.07. The van der Waals surface area contributed by atoms with Crippen molar-refractivity contribution < 1.29 is 9.84 Å². The lowest BCUT2D eigenvalue weighted by Crippen LogP contribution is -2.19. The molecule has 0 fully saturated rings. The zero-order valence-electron chi connectivity index (χ0n) is 10.9. The normalized spacial score (nSPS) is 21.2. The van der Waals surface area contributed by atoms with Crippen LogP contribution in [-0.2, 0) is 0 Å². The molecule has 2 aromatic rings. The van der Waals surface area contributed by atoms with Crippen LogP contribution >= 0.6 is 27.5 Å². The van der Waals surface area contributed by atoms with Gasteiger partial charge in [-0.05, 0) is 36.8 Å². The maximum Gasteiger partial charge on any atom is 0.128 e. The highest BCUT2D eigenvalue weighted by Crippen LogP contribution is 2.43. The first kappa shape index (κ1) is 13.9. The van der Waals surface area contributed by atoms with Crippen molar-refractivity contribution in [2.24, 2.45) is 0 Å². The van der Waals surface area contributed by atoms with E-state index in [0.717, 1.165) is 15.6 Å². The molecule has 0 radical (unpaired) electrons. The van der Waals surface area contributed by atoms with Gasteiger partial charge in [-0.25, -0.2) is 0 Å². The third-order valence-corrected chi connectivity index (χ3v) is 4.46. The van der Waals surface area contributed by atoms with Gasteiger partial charge in [-0.1, -0.05) is 39.7 Å².